The van der Waals surface area contributed by atoms with Crippen molar-refractivity contribution in [3.05, 3.63) is 12.2 Å². The average Bonchev–Trinajstić information content (AvgIpc) is 2.27. The molecule has 0 amide bonds. The van der Waals surface area contributed by atoms with Crippen LogP contribution < -0.4 is 0 Å². The summed E-state index contributed by atoms with van der Waals surface area (Å²) in [6, 6.07) is 0. The van der Waals surface area contributed by atoms with Gasteiger partial charge >= 0.3 is 6.18 Å². The van der Waals surface area contributed by atoms with Crippen LogP contribution in [0.3, 0.4) is 0 Å². The van der Waals surface area contributed by atoms with Crippen LogP contribution in [-0.2, 0) is 0 Å². The van der Waals surface area contributed by atoms with Crippen molar-refractivity contribution in [2.75, 3.05) is 0 Å². The zero-order valence-corrected chi connectivity index (χ0v) is 10.3. The molecule has 1 saturated carbocycles. The van der Waals surface area contributed by atoms with Gasteiger partial charge in [0.2, 0.25) is 0 Å². The number of aliphatic hydroxyl groups excluding tert-OH is 1. The van der Waals surface area contributed by atoms with E-state index < -0.39 is 18.2 Å². The Morgan fingerprint density at radius 2 is 1.82 bits per heavy atom. The van der Waals surface area contributed by atoms with Gasteiger partial charge in [-0.25, -0.2) is 0 Å². The molecule has 17 heavy (non-hydrogen) atoms. The Morgan fingerprint density at radius 3 is 2.24 bits per heavy atom. The minimum absolute atomic E-state index is 0.0110. The lowest BCUT2D eigenvalue weighted by Crippen LogP contribution is -2.32. The van der Waals surface area contributed by atoms with Crippen molar-refractivity contribution in [3.63, 3.8) is 0 Å². The van der Waals surface area contributed by atoms with Gasteiger partial charge in [0, 0.05) is 0 Å². The highest BCUT2D eigenvalue weighted by atomic mass is 19.4. The Hall–Kier alpha value is -0.510. The van der Waals surface area contributed by atoms with Gasteiger partial charge in [0.25, 0.3) is 0 Å². The summed E-state index contributed by atoms with van der Waals surface area (Å²) in [5, 5.41) is 9.92. The third kappa shape index (κ3) is 4.34. The number of halogens is 3. The van der Waals surface area contributed by atoms with Crippen molar-refractivity contribution in [1.29, 1.82) is 0 Å². The van der Waals surface area contributed by atoms with Crippen LogP contribution in [-0.4, -0.2) is 17.4 Å². The monoisotopic (exact) mass is 250 g/mol. The second kappa shape index (κ2) is 5.89. The summed E-state index contributed by atoms with van der Waals surface area (Å²) in [5.41, 5.74) is 0.968. The van der Waals surface area contributed by atoms with Gasteiger partial charge in [-0.2, -0.15) is 13.2 Å². The molecular formula is C13H21F3O. The number of alkyl halides is 3. The summed E-state index contributed by atoms with van der Waals surface area (Å²) in [5.74, 6) is -1.16. The maximum Gasteiger partial charge on any atom is 0.391 e. The van der Waals surface area contributed by atoms with Crippen LogP contribution in [0.1, 0.15) is 45.4 Å². The van der Waals surface area contributed by atoms with Gasteiger partial charge < -0.3 is 5.11 Å². The zero-order valence-electron chi connectivity index (χ0n) is 10.3. The molecule has 0 aromatic heterocycles. The van der Waals surface area contributed by atoms with Crippen LogP contribution in [0.15, 0.2) is 12.2 Å². The van der Waals surface area contributed by atoms with E-state index in [4.69, 9.17) is 0 Å². The molecule has 100 valence electrons. The van der Waals surface area contributed by atoms with E-state index >= 15 is 0 Å². The van der Waals surface area contributed by atoms with E-state index in [2.05, 4.69) is 6.58 Å². The zero-order chi connectivity index (χ0) is 13.1. The number of aliphatic hydroxyl groups is 1. The maximum absolute atomic E-state index is 12.5. The van der Waals surface area contributed by atoms with Crippen molar-refractivity contribution in [2.24, 2.45) is 11.8 Å². The Kier molecular flexibility index (Phi) is 5.04. The molecule has 0 spiro atoms. The predicted molar refractivity (Wildman–Crippen MR) is 61.6 cm³/mol. The lowest BCUT2D eigenvalue weighted by molar-refractivity contribution is -0.185. The predicted octanol–water partition coefficient (Wildman–Crippen LogP) is 4.07. The molecule has 0 aromatic carbocycles. The first kappa shape index (κ1) is 14.6. The molecular weight excluding hydrogens is 229 g/mol. The van der Waals surface area contributed by atoms with E-state index in [0.717, 1.165) is 12.0 Å². The molecule has 1 nitrogen and oxygen atoms in total. The van der Waals surface area contributed by atoms with Gasteiger partial charge in [-0.3, -0.25) is 0 Å². The van der Waals surface area contributed by atoms with Crippen LogP contribution in [0.5, 0.6) is 0 Å². The van der Waals surface area contributed by atoms with Gasteiger partial charge in [-0.15, -0.1) is 0 Å². The highest BCUT2D eigenvalue weighted by molar-refractivity contribution is 4.96. The highest BCUT2D eigenvalue weighted by Crippen LogP contribution is 2.41. The lowest BCUT2D eigenvalue weighted by atomic mass is 9.78. The minimum atomic E-state index is -4.07. The Morgan fingerprint density at radius 1 is 1.29 bits per heavy atom. The molecule has 0 bridgehead atoms. The molecule has 1 rings (SSSR count). The smallest absolute Gasteiger partial charge is 0.391 e. The molecule has 1 N–H and O–H groups in total. The highest BCUT2D eigenvalue weighted by Gasteiger charge is 2.42. The van der Waals surface area contributed by atoms with Crippen LogP contribution >= 0.6 is 0 Å². The van der Waals surface area contributed by atoms with Gasteiger partial charge in [-0.1, -0.05) is 19.1 Å². The van der Waals surface area contributed by atoms with Crippen molar-refractivity contribution >= 4 is 0 Å². The number of hydrogen-bond donors (Lipinski definition) is 1. The molecule has 0 saturated heterocycles. The molecule has 1 unspecified atom stereocenters. The summed E-state index contributed by atoms with van der Waals surface area (Å²) in [4.78, 5) is 0. The molecule has 0 heterocycles. The molecule has 4 heteroatoms. The molecule has 0 radical (unpaired) electrons. The van der Waals surface area contributed by atoms with Crippen molar-refractivity contribution in [2.45, 2.75) is 57.7 Å². The summed E-state index contributed by atoms with van der Waals surface area (Å²) in [7, 11) is 0. The van der Waals surface area contributed by atoms with Crippen LogP contribution in [0.2, 0.25) is 0 Å². The second-order valence-electron chi connectivity index (χ2n) is 5.03. The fraction of sp³-hybridized carbons (Fsp3) is 0.846. The third-order valence-corrected chi connectivity index (χ3v) is 3.78. The van der Waals surface area contributed by atoms with Crippen molar-refractivity contribution < 1.29 is 18.3 Å². The summed E-state index contributed by atoms with van der Waals surface area (Å²) >= 11 is 0. The first-order valence-corrected chi connectivity index (χ1v) is 6.26. The Bertz CT molecular complexity index is 252. The fourth-order valence-corrected chi connectivity index (χ4v) is 2.44. The van der Waals surface area contributed by atoms with Crippen LogP contribution in [0.4, 0.5) is 13.2 Å². The molecule has 1 aliphatic rings. The van der Waals surface area contributed by atoms with Gasteiger partial charge in [0.05, 0.1) is 12.0 Å². The summed E-state index contributed by atoms with van der Waals surface area (Å²) < 4.78 is 37.4. The van der Waals surface area contributed by atoms with E-state index in [1.807, 2.05) is 6.92 Å². The SMILES string of the molecule is C=C(CC)CC(O)C1CCC(C(F)(F)F)CC1. The molecule has 1 fully saturated rings. The summed E-state index contributed by atoms with van der Waals surface area (Å²) in [6.07, 6.45) is -1.98. The maximum atomic E-state index is 12.5. The second-order valence-corrected chi connectivity index (χ2v) is 5.03. The fourth-order valence-electron chi connectivity index (χ4n) is 2.44. The van der Waals surface area contributed by atoms with Gasteiger partial charge in [-0.05, 0) is 44.4 Å². The Balaban J connectivity index is 2.39. The van der Waals surface area contributed by atoms with E-state index in [1.54, 1.807) is 0 Å². The standard InChI is InChI=1S/C13H21F3O/c1-3-9(2)8-12(17)10-4-6-11(7-5-10)13(14,15)16/h10-12,17H,2-8H2,1H3. The van der Waals surface area contributed by atoms with Gasteiger partial charge in [0.15, 0.2) is 0 Å². The first-order valence-electron chi connectivity index (χ1n) is 6.26. The van der Waals surface area contributed by atoms with E-state index in [9.17, 15) is 18.3 Å². The van der Waals surface area contributed by atoms with E-state index in [-0.39, 0.29) is 18.8 Å². The van der Waals surface area contributed by atoms with Gasteiger partial charge in [0.1, 0.15) is 0 Å². The topological polar surface area (TPSA) is 20.2 Å². The molecule has 0 aliphatic heterocycles. The van der Waals surface area contributed by atoms with Crippen LogP contribution in [0.25, 0.3) is 0 Å². The average molecular weight is 250 g/mol. The number of rotatable bonds is 4. The lowest BCUT2D eigenvalue weighted by Gasteiger charge is -2.32. The largest absolute Gasteiger partial charge is 0.393 e. The summed E-state index contributed by atoms with van der Waals surface area (Å²) in [6.45, 7) is 5.79. The normalized spacial score (nSPS) is 27.8. The quantitative estimate of drug-likeness (QED) is 0.746. The minimum Gasteiger partial charge on any atom is -0.393 e. The third-order valence-electron chi connectivity index (χ3n) is 3.78. The van der Waals surface area contributed by atoms with Crippen LogP contribution in [0, 0.1) is 11.8 Å². The number of hydrogen-bond acceptors (Lipinski definition) is 1. The van der Waals surface area contributed by atoms with Crippen molar-refractivity contribution in [3.8, 4) is 0 Å². The van der Waals surface area contributed by atoms with Crippen molar-refractivity contribution in [1.82, 2.24) is 0 Å². The molecule has 1 aliphatic carbocycles. The molecule has 0 aromatic rings. The molecule has 1 atom stereocenters. The first-order chi connectivity index (χ1) is 7.84. The van der Waals surface area contributed by atoms with E-state index in [1.165, 1.54) is 0 Å². The Labute approximate surface area is 101 Å². The van der Waals surface area contributed by atoms with E-state index in [0.29, 0.717) is 19.3 Å².